The predicted molar refractivity (Wildman–Crippen MR) is 61.9 cm³/mol. The highest BCUT2D eigenvalue weighted by Gasteiger charge is 2.16. The first kappa shape index (κ1) is 12.0. The summed E-state index contributed by atoms with van der Waals surface area (Å²) in [7, 11) is 1.51. The number of aryl methyl sites for hydroxylation is 1. The molecule has 0 fully saturated rings. The van der Waals surface area contributed by atoms with Crippen LogP contribution in [-0.2, 0) is 0 Å². The van der Waals surface area contributed by atoms with E-state index in [1.54, 1.807) is 13.0 Å². The average molecular weight is 249 g/mol. The highest BCUT2D eigenvalue weighted by Crippen LogP contribution is 2.34. The van der Waals surface area contributed by atoms with Crippen LogP contribution in [0.3, 0.4) is 0 Å². The van der Waals surface area contributed by atoms with Gasteiger partial charge >= 0.3 is 5.97 Å². The molecule has 0 amide bonds. The van der Waals surface area contributed by atoms with Gasteiger partial charge in [0.2, 0.25) is 5.76 Å². The molecule has 0 aliphatic carbocycles. The Balaban J connectivity index is 2.52. The van der Waals surface area contributed by atoms with Gasteiger partial charge in [0.15, 0.2) is 0 Å². The number of benzene rings is 1. The molecule has 2 aromatic rings. The second-order valence-corrected chi connectivity index (χ2v) is 3.72. The molecule has 0 unspecified atom stereocenters. The lowest BCUT2D eigenvalue weighted by atomic mass is 10.1. The van der Waals surface area contributed by atoms with Crippen molar-refractivity contribution in [1.29, 1.82) is 0 Å². The first-order chi connectivity index (χ1) is 8.52. The van der Waals surface area contributed by atoms with Gasteiger partial charge in [-0.05, 0) is 24.6 Å². The summed E-state index contributed by atoms with van der Waals surface area (Å²) in [5, 5.41) is 22.2. The first-order valence-electron chi connectivity index (χ1n) is 5.11. The van der Waals surface area contributed by atoms with E-state index in [0.29, 0.717) is 11.3 Å². The number of aromatic carboxylic acids is 1. The van der Waals surface area contributed by atoms with Crippen LogP contribution >= 0.6 is 0 Å². The lowest BCUT2D eigenvalue weighted by Gasteiger charge is -2.07. The molecule has 18 heavy (non-hydrogen) atoms. The van der Waals surface area contributed by atoms with Gasteiger partial charge in [0.05, 0.1) is 7.11 Å². The number of aromatic nitrogens is 1. The molecule has 1 aromatic heterocycles. The Kier molecular flexibility index (Phi) is 2.93. The Morgan fingerprint density at radius 2 is 2.11 bits per heavy atom. The maximum Gasteiger partial charge on any atom is 0.374 e. The number of methoxy groups -OCH3 is 1. The molecule has 0 spiro atoms. The minimum absolute atomic E-state index is 0.0152. The highest BCUT2D eigenvalue weighted by atomic mass is 16.5. The van der Waals surface area contributed by atoms with Crippen molar-refractivity contribution in [3.8, 4) is 22.8 Å². The van der Waals surface area contributed by atoms with E-state index in [1.807, 2.05) is 0 Å². The van der Waals surface area contributed by atoms with E-state index in [-0.39, 0.29) is 17.2 Å². The van der Waals surface area contributed by atoms with Crippen molar-refractivity contribution in [2.24, 2.45) is 0 Å². The van der Waals surface area contributed by atoms with Gasteiger partial charge in [-0.2, -0.15) is 0 Å². The monoisotopic (exact) mass is 249 g/mol. The summed E-state index contributed by atoms with van der Waals surface area (Å²) >= 11 is 0. The summed E-state index contributed by atoms with van der Waals surface area (Å²) in [6, 6.07) is 4.34. The molecule has 6 heteroatoms. The molecule has 1 heterocycles. The van der Waals surface area contributed by atoms with E-state index in [4.69, 9.17) is 9.84 Å². The summed E-state index contributed by atoms with van der Waals surface area (Å²) in [6.07, 6.45) is 0. The Labute approximate surface area is 102 Å². The van der Waals surface area contributed by atoms with Crippen LogP contribution in [0.4, 0.5) is 0 Å². The van der Waals surface area contributed by atoms with Gasteiger partial charge in [-0.1, -0.05) is 5.16 Å². The molecule has 0 atom stereocenters. The van der Waals surface area contributed by atoms with Crippen molar-refractivity contribution in [2.45, 2.75) is 6.92 Å². The van der Waals surface area contributed by atoms with Crippen LogP contribution in [0, 0.1) is 6.92 Å². The van der Waals surface area contributed by atoms with Crippen molar-refractivity contribution >= 4 is 5.97 Å². The van der Waals surface area contributed by atoms with Crippen molar-refractivity contribution in [1.82, 2.24) is 5.16 Å². The van der Waals surface area contributed by atoms with Crippen LogP contribution in [0.25, 0.3) is 11.3 Å². The van der Waals surface area contributed by atoms with Crippen molar-refractivity contribution in [3.05, 3.63) is 29.5 Å². The largest absolute Gasteiger partial charge is 0.507 e. The molecule has 0 saturated carbocycles. The predicted octanol–water partition coefficient (Wildman–Crippen LogP) is 2.06. The Morgan fingerprint density at radius 3 is 2.67 bits per heavy atom. The normalized spacial score (nSPS) is 10.3. The maximum atomic E-state index is 10.7. The highest BCUT2D eigenvalue weighted by molar-refractivity contribution is 5.86. The van der Waals surface area contributed by atoms with Crippen molar-refractivity contribution in [3.63, 3.8) is 0 Å². The van der Waals surface area contributed by atoms with Crippen molar-refractivity contribution in [2.75, 3.05) is 7.11 Å². The van der Waals surface area contributed by atoms with E-state index < -0.39 is 5.97 Å². The number of rotatable bonds is 3. The van der Waals surface area contributed by atoms with Gasteiger partial charge in [0, 0.05) is 11.6 Å². The summed E-state index contributed by atoms with van der Waals surface area (Å²) in [5.41, 5.74) is 1.36. The van der Waals surface area contributed by atoms with E-state index >= 15 is 0 Å². The Bertz CT molecular complexity index is 603. The third-order valence-corrected chi connectivity index (χ3v) is 2.51. The molecule has 0 radical (unpaired) electrons. The number of aromatic hydroxyl groups is 1. The van der Waals surface area contributed by atoms with Gasteiger partial charge in [0.25, 0.3) is 0 Å². The minimum atomic E-state index is -1.22. The fraction of sp³-hybridized carbons (Fsp3) is 0.167. The molecule has 0 aliphatic heterocycles. The first-order valence-corrected chi connectivity index (χ1v) is 5.11. The quantitative estimate of drug-likeness (QED) is 0.864. The molecule has 2 N–H and O–H groups in total. The standard InChI is InChI=1S/C12H11NO5/c1-6-3-9(14)7(4-10(6)17-2)8-5-11(12(15)16)18-13-8/h3-5,14H,1-2H3,(H,15,16). The Hall–Kier alpha value is -2.50. The number of carboxylic acid groups (broad SMARTS) is 1. The van der Waals surface area contributed by atoms with Gasteiger partial charge in [-0.3, -0.25) is 0 Å². The van der Waals surface area contributed by atoms with E-state index in [9.17, 15) is 9.90 Å². The molecular formula is C12H11NO5. The molecule has 6 nitrogen and oxygen atoms in total. The van der Waals surface area contributed by atoms with Gasteiger partial charge in [0.1, 0.15) is 17.2 Å². The molecule has 1 aromatic carbocycles. The number of carboxylic acids is 1. The second kappa shape index (κ2) is 4.40. The smallest absolute Gasteiger partial charge is 0.374 e. The third kappa shape index (κ3) is 2.00. The topological polar surface area (TPSA) is 92.8 Å². The summed E-state index contributed by atoms with van der Waals surface area (Å²) in [6.45, 7) is 1.79. The van der Waals surface area contributed by atoms with Gasteiger partial charge < -0.3 is 19.5 Å². The number of carbonyl (C=O) groups is 1. The fourth-order valence-electron chi connectivity index (χ4n) is 1.60. The zero-order valence-electron chi connectivity index (χ0n) is 9.80. The Morgan fingerprint density at radius 1 is 1.39 bits per heavy atom. The van der Waals surface area contributed by atoms with Crippen LogP contribution in [-0.4, -0.2) is 28.4 Å². The lowest BCUT2D eigenvalue weighted by Crippen LogP contribution is -1.92. The number of hydrogen-bond acceptors (Lipinski definition) is 5. The molecule has 2 rings (SSSR count). The SMILES string of the molecule is COc1cc(-c2cc(C(=O)O)on2)c(O)cc1C. The van der Waals surface area contributed by atoms with E-state index in [2.05, 4.69) is 9.68 Å². The molecule has 0 bridgehead atoms. The third-order valence-electron chi connectivity index (χ3n) is 2.51. The minimum Gasteiger partial charge on any atom is -0.507 e. The molecular weight excluding hydrogens is 238 g/mol. The van der Waals surface area contributed by atoms with Crippen LogP contribution in [0.5, 0.6) is 11.5 Å². The average Bonchev–Trinajstić information content (AvgIpc) is 2.78. The lowest BCUT2D eigenvalue weighted by molar-refractivity contribution is 0.0652. The van der Waals surface area contributed by atoms with Crippen LogP contribution in [0.15, 0.2) is 22.7 Å². The number of ether oxygens (including phenoxy) is 1. The van der Waals surface area contributed by atoms with Crippen LogP contribution in [0.2, 0.25) is 0 Å². The molecule has 0 saturated heterocycles. The summed E-state index contributed by atoms with van der Waals surface area (Å²) in [4.78, 5) is 10.7. The second-order valence-electron chi connectivity index (χ2n) is 3.72. The number of phenols is 1. The van der Waals surface area contributed by atoms with Crippen LogP contribution in [0.1, 0.15) is 16.1 Å². The van der Waals surface area contributed by atoms with Gasteiger partial charge in [-0.15, -0.1) is 0 Å². The van der Waals surface area contributed by atoms with Crippen LogP contribution < -0.4 is 4.74 Å². The number of nitrogens with zero attached hydrogens (tertiary/aromatic N) is 1. The van der Waals surface area contributed by atoms with Crippen molar-refractivity contribution < 1.29 is 24.3 Å². The zero-order valence-corrected chi connectivity index (χ0v) is 9.80. The van der Waals surface area contributed by atoms with E-state index in [1.165, 1.54) is 19.2 Å². The fourth-order valence-corrected chi connectivity index (χ4v) is 1.60. The maximum absolute atomic E-state index is 10.7. The number of hydrogen-bond donors (Lipinski definition) is 2. The van der Waals surface area contributed by atoms with Gasteiger partial charge in [-0.25, -0.2) is 4.79 Å². The zero-order chi connectivity index (χ0) is 13.3. The van der Waals surface area contributed by atoms with E-state index in [0.717, 1.165) is 5.56 Å². The number of phenolic OH excluding ortho intramolecular Hbond substituents is 1. The summed E-state index contributed by atoms with van der Waals surface area (Å²) in [5.74, 6) is -0.947. The molecule has 94 valence electrons. The molecule has 0 aliphatic rings. The summed E-state index contributed by atoms with van der Waals surface area (Å²) < 4.78 is 9.77.